The highest BCUT2D eigenvalue weighted by molar-refractivity contribution is 7.11. The second kappa shape index (κ2) is 8.16. The van der Waals surface area contributed by atoms with Crippen molar-refractivity contribution in [2.24, 2.45) is 0 Å². The molecule has 5 nitrogen and oxygen atoms in total. The number of hydrogen-bond donors (Lipinski definition) is 0. The Balaban J connectivity index is 1.51. The minimum atomic E-state index is -0.375. The highest BCUT2D eigenvalue weighted by atomic mass is 32.1. The van der Waals surface area contributed by atoms with Gasteiger partial charge >= 0.3 is 5.97 Å². The molecule has 4 rings (SSSR count). The first-order valence-electron chi connectivity index (χ1n) is 9.39. The van der Waals surface area contributed by atoms with E-state index >= 15 is 0 Å². The van der Waals surface area contributed by atoms with E-state index in [2.05, 4.69) is 0 Å². The quantitative estimate of drug-likeness (QED) is 0.411. The average Bonchev–Trinajstić information content (AvgIpc) is 3.29. The van der Waals surface area contributed by atoms with Crippen LogP contribution in [-0.2, 0) is 11.3 Å². The molecular formula is C24H20O5S. The summed E-state index contributed by atoms with van der Waals surface area (Å²) in [6.45, 7) is 4.20. The smallest absolute Gasteiger partial charge is 0.337 e. The van der Waals surface area contributed by atoms with E-state index in [-0.39, 0.29) is 11.8 Å². The van der Waals surface area contributed by atoms with E-state index in [0.717, 1.165) is 21.6 Å². The van der Waals surface area contributed by atoms with Crippen LogP contribution in [0.2, 0.25) is 0 Å². The third-order valence-corrected chi connectivity index (χ3v) is 5.85. The first kappa shape index (κ1) is 19.9. The van der Waals surface area contributed by atoms with E-state index in [0.29, 0.717) is 35.0 Å². The normalized spacial score (nSPS) is 13.8. The lowest BCUT2D eigenvalue weighted by atomic mass is 10.0. The summed E-state index contributed by atoms with van der Waals surface area (Å²) in [5.41, 5.74) is 3.89. The standard InChI is InChI=1S/C24H20O5S/c1-14-8-9-30-21(14)12-20-23(25)22-15(2)10-18(11-19(22)29-20)28-13-16-4-6-17(7-5-16)24(26)27-3/h4-12H,13H2,1-3H3/b20-12-. The SMILES string of the molecule is COC(=O)c1ccc(COc2cc(C)c3c(c2)O/C(=C\c2sccc2C)C3=O)cc1. The number of carbonyl (C=O) groups excluding carboxylic acids is 2. The summed E-state index contributed by atoms with van der Waals surface area (Å²) in [4.78, 5) is 25.3. The molecule has 0 unspecified atom stereocenters. The van der Waals surface area contributed by atoms with Crippen molar-refractivity contribution in [1.82, 2.24) is 0 Å². The maximum Gasteiger partial charge on any atom is 0.337 e. The number of ketones is 1. The molecule has 6 heteroatoms. The number of Topliss-reactive ketones (excluding diaryl/α,β-unsaturated/α-hetero) is 1. The number of aryl methyl sites for hydroxylation is 2. The van der Waals surface area contributed by atoms with Crippen LogP contribution in [0.4, 0.5) is 0 Å². The van der Waals surface area contributed by atoms with Crippen LogP contribution < -0.4 is 9.47 Å². The van der Waals surface area contributed by atoms with Crippen LogP contribution >= 0.6 is 11.3 Å². The van der Waals surface area contributed by atoms with Crippen LogP contribution in [0.3, 0.4) is 0 Å². The minimum Gasteiger partial charge on any atom is -0.489 e. The Kier molecular flexibility index (Phi) is 5.42. The summed E-state index contributed by atoms with van der Waals surface area (Å²) in [7, 11) is 1.35. The average molecular weight is 420 g/mol. The molecule has 2 heterocycles. The van der Waals surface area contributed by atoms with Crippen molar-refractivity contribution in [1.29, 1.82) is 0 Å². The summed E-state index contributed by atoms with van der Waals surface area (Å²) in [5, 5.41) is 1.99. The van der Waals surface area contributed by atoms with Crippen LogP contribution in [0.15, 0.2) is 53.6 Å². The topological polar surface area (TPSA) is 61.8 Å². The molecule has 0 bridgehead atoms. The Hall–Kier alpha value is -3.38. The Morgan fingerprint density at radius 2 is 1.87 bits per heavy atom. The Bertz CT molecular complexity index is 1150. The van der Waals surface area contributed by atoms with Crippen LogP contribution in [0.25, 0.3) is 6.08 Å². The molecular weight excluding hydrogens is 400 g/mol. The van der Waals surface area contributed by atoms with Crippen LogP contribution in [0, 0.1) is 13.8 Å². The Labute approximate surface area is 178 Å². The van der Waals surface area contributed by atoms with Gasteiger partial charge < -0.3 is 14.2 Å². The van der Waals surface area contributed by atoms with Crippen molar-refractivity contribution in [3.8, 4) is 11.5 Å². The highest BCUT2D eigenvalue weighted by Crippen LogP contribution is 2.38. The molecule has 152 valence electrons. The van der Waals surface area contributed by atoms with Gasteiger partial charge in [-0.2, -0.15) is 0 Å². The van der Waals surface area contributed by atoms with Gasteiger partial charge in [-0.15, -0.1) is 11.3 Å². The van der Waals surface area contributed by atoms with Crippen molar-refractivity contribution in [2.45, 2.75) is 20.5 Å². The summed E-state index contributed by atoms with van der Waals surface area (Å²) in [6.07, 6.45) is 1.80. The molecule has 3 aromatic rings. The number of methoxy groups -OCH3 is 1. The summed E-state index contributed by atoms with van der Waals surface area (Å²) in [5.74, 6) is 0.968. The van der Waals surface area contributed by atoms with E-state index in [1.165, 1.54) is 7.11 Å². The van der Waals surface area contributed by atoms with Crippen LogP contribution in [0.1, 0.15) is 42.3 Å². The Morgan fingerprint density at radius 1 is 1.10 bits per heavy atom. The van der Waals surface area contributed by atoms with Gasteiger partial charge in [0.05, 0.1) is 18.2 Å². The van der Waals surface area contributed by atoms with Crippen molar-refractivity contribution < 1.29 is 23.8 Å². The molecule has 1 aliphatic heterocycles. The van der Waals surface area contributed by atoms with Gasteiger partial charge in [0, 0.05) is 17.0 Å². The molecule has 0 atom stereocenters. The summed E-state index contributed by atoms with van der Waals surface area (Å²) >= 11 is 1.57. The number of rotatable bonds is 5. The third-order valence-electron chi connectivity index (χ3n) is 4.89. The van der Waals surface area contributed by atoms with Crippen molar-refractivity contribution in [3.63, 3.8) is 0 Å². The number of thiophene rings is 1. The monoisotopic (exact) mass is 420 g/mol. The van der Waals surface area contributed by atoms with Gasteiger partial charge in [-0.05, 0) is 60.2 Å². The lowest BCUT2D eigenvalue weighted by molar-refractivity contribution is 0.0600. The van der Waals surface area contributed by atoms with Crippen molar-refractivity contribution in [3.05, 3.63) is 86.3 Å². The second-order valence-corrected chi connectivity index (χ2v) is 7.95. The van der Waals surface area contributed by atoms with Gasteiger partial charge in [-0.1, -0.05) is 12.1 Å². The predicted octanol–water partition coefficient (Wildman–Crippen LogP) is 5.35. The Morgan fingerprint density at radius 3 is 2.53 bits per heavy atom. The third kappa shape index (κ3) is 3.86. The zero-order valence-electron chi connectivity index (χ0n) is 16.9. The van der Waals surface area contributed by atoms with E-state index in [1.807, 2.05) is 43.5 Å². The van der Waals surface area contributed by atoms with Gasteiger partial charge in [-0.3, -0.25) is 4.79 Å². The molecule has 0 radical (unpaired) electrons. The number of fused-ring (bicyclic) bond motifs is 1. The maximum atomic E-state index is 12.8. The fourth-order valence-corrected chi connectivity index (χ4v) is 4.08. The second-order valence-electron chi connectivity index (χ2n) is 7.00. The molecule has 0 N–H and O–H groups in total. The van der Waals surface area contributed by atoms with Gasteiger partial charge in [0.15, 0.2) is 5.76 Å². The van der Waals surface area contributed by atoms with Crippen LogP contribution in [0.5, 0.6) is 11.5 Å². The van der Waals surface area contributed by atoms with Gasteiger partial charge in [0.25, 0.3) is 0 Å². The van der Waals surface area contributed by atoms with E-state index < -0.39 is 0 Å². The largest absolute Gasteiger partial charge is 0.489 e. The van der Waals surface area contributed by atoms with Gasteiger partial charge in [0.2, 0.25) is 5.78 Å². The van der Waals surface area contributed by atoms with Gasteiger partial charge in [0.1, 0.15) is 18.1 Å². The summed E-state index contributed by atoms with van der Waals surface area (Å²) in [6, 6.07) is 12.6. The number of ether oxygens (including phenoxy) is 3. The molecule has 0 saturated heterocycles. The fourth-order valence-electron chi connectivity index (χ4n) is 3.23. The predicted molar refractivity (Wildman–Crippen MR) is 115 cm³/mol. The highest BCUT2D eigenvalue weighted by Gasteiger charge is 2.30. The zero-order chi connectivity index (χ0) is 21.3. The minimum absolute atomic E-state index is 0.111. The molecule has 0 fully saturated rings. The van der Waals surface area contributed by atoms with Crippen molar-refractivity contribution >= 4 is 29.2 Å². The fraction of sp³-hybridized carbons (Fsp3) is 0.167. The number of hydrogen-bond acceptors (Lipinski definition) is 6. The van der Waals surface area contributed by atoms with Crippen LogP contribution in [-0.4, -0.2) is 18.9 Å². The first-order valence-corrected chi connectivity index (χ1v) is 10.3. The number of esters is 1. The molecule has 30 heavy (non-hydrogen) atoms. The van der Waals surface area contributed by atoms with E-state index in [4.69, 9.17) is 14.2 Å². The number of benzene rings is 2. The summed E-state index contributed by atoms with van der Waals surface area (Å²) < 4.78 is 16.5. The molecule has 0 saturated carbocycles. The van der Waals surface area contributed by atoms with Crippen molar-refractivity contribution in [2.75, 3.05) is 7.11 Å². The maximum absolute atomic E-state index is 12.8. The molecule has 0 amide bonds. The zero-order valence-corrected chi connectivity index (χ0v) is 17.7. The molecule has 1 aliphatic rings. The molecule has 0 aliphatic carbocycles. The van der Waals surface area contributed by atoms with E-state index in [1.54, 1.807) is 35.6 Å². The van der Waals surface area contributed by atoms with E-state index in [9.17, 15) is 9.59 Å². The molecule has 1 aromatic heterocycles. The number of allylic oxidation sites excluding steroid dienone is 1. The lowest BCUT2D eigenvalue weighted by Crippen LogP contribution is -2.02. The molecule has 2 aromatic carbocycles. The van der Waals surface area contributed by atoms with Gasteiger partial charge in [-0.25, -0.2) is 4.79 Å². The lowest BCUT2D eigenvalue weighted by Gasteiger charge is -2.09. The first-order chi connectivity index (χ1) is 14.5. The molecule has 0 spiro atoms. The number of carbonyl (C=O) groups is 2.